The molecule has 0 bridgehead atoms. The molecule has 1 aliphatic heterocycles. The molecule has 1 aromatic rings. The highest BCUT2D eigenvalue weighted by molar-refractivity contribution is 7.07. The van der Waals surface area contributed by atoms with Gasteiger partial charge in [0.1, 0.15) is 0 Å². The van der Waals surface area contributed by atoms with Crippen LogP contribution in [-0.4, -0.2) is 23.4 Å². The predicted molar refractivity (Wildman–Crippen MR) is 67.6 cm³/mol. The van der Waals surface area contributed by atoms with Gasteiger partial charge in [-0.1, -0.05) is 6.92 Å². The van der Waals surface area contributed by atoms with Crippen molar-refractivity contribution >= 4 is 17.2 Å². The fraction of sp³-hybridized carbons (Fsp3) is 0.615. The minimum Gasteiger partial charge on any atom is -0.339 e. The van der Waals surface area contributed by atoms with Crippen molar-refractivity contribution in [2.75, 3.05) is 6.54 Å². The number of carbonyl (C=O) groups is 1. The number of nitrogens with zero attached hydrogens (tertiary/aromatic N) is 1. The number of hydrogen-bond donors (Lipinski definition) is 0. The molecule has 3 heteroatoms. The fourth-order valence-electron chi connectivity index (χ4n) is 2.36. The maximum atomic E-state index is 12.2. The van der Waals surface area contributed by atoms with E-state index < -0.39 is 0 Å². The number of rotatable bonds is 2. The zero-order chi connectivity index (χ0) is 11.5. The van der Waals surface area contributed by atoms with Crippen LogP contribution in [0.15, 0.2) is 16.8 Å². The molecule has 0 spiro atoms. The first-order chi connectivity index (χ1) is 7.68. The summed E-state index contributed by atoms with van der Waals surface area (Å²) in [5.74, 6) is 0.928. The molecule has 0 radical (unpaired) electrons. The Morgan fingerprint density at radius 1 is 1.56 bits per heavy atom. The third-order valence-electron chi connectivity index (χ3n) is 3.63. The summed E-state index contributed by atoms with van der Waals surface area (Å²) >= 11 is 1.66. The van der Waals surface area contributed by atoms with Gasteiger partial charge in [0, 0.05) is 12.6 Å². The van der Waals surface area contributed by atoms with Crippen LogP contribution in [0.1, 0.15) is 32.3 Å². The van der Waals surface area contributed by atoms with Crippen molar-refractivity contribution < 1.29 is 4.79 Å². The van der Waals surface area contributed by atoms with Crippen LogP contribution in [0.25, 0.3) is 0 Å². The second-order valence-electron chi connectivity index (χ2n) is 4.76. The lowest BCUT2D eigenvalue weighted by molar-refractivity contribution is -0.135. The monoisotopic (exact) mass is 237 g/mol. The minimum atomic E-state index is 0.289. The van der Waals surface area contributed by atoms with E-state index in [1.807, 2.05) is 11.4 Å². The quantitative estimate of drug-likeness (QED) is 0.774. The molecule has 1 aromatic heterocycles. The van der Waals surface area contributed by atoms with Gasteiger partial charge in [-0.25, -0.2) is 0 Å². The van der Waals surface area contributed by atoms with Gasteiger partial charge in [-0.05, 0) is 48.1 Å². The van der Waals surface area contributed by atoms with Crippen LogP contribution in [-0.2, 0) is 11.2 Å². The van der Waals surface area contributed by atoms with Crippen LogP contribution in [0, 0.1) is 5.92 Å². The van der Waals surface area contributed by atoms with Gasteiger partial charge in [0.15, 0.2) is 0 Å². The third-order valence-corrected chi connectivity index (χ3v) is 4.36. The lowest BCUT2D eigenvalue weighted by atomic mass is 9.91. The number of hydrogen-bond acceptors (Lipinski definition) is 2. The van der Waals surface area contributed by atoms with E-state index in [2.05, 4.69) is 24.1 Å². The van der Waals surface area contributed by atoms with Crippen molar-refractivity contribution in [3.8, 4) is 0 Å². The van der Waals surface area contributed by atoms with Gasteiger partial charge in [-0.2, -0.15) is 11.3 Å². The van der Waals surface area contributed by atoms with Crippen molar-refractivity contribution in [2.45, 2.75) is 39.2 Å². The van der Waals surface area contributed by atoms with E-state index in [1.54, 1.807) is 11.3 Å². The Labute approximate surface area is 101 Å². The molecule has 2 nitrogen and oxygen atoms in total. The summed E-state index contributed by atoms with van der Waals surface area (Å²) in [7, 11) is 0. The van der Waals surface area contributed by atoms with E-state index in [1.165, 1.54) is 6.42 Å². The Balaban J connectivity index is 1.98. The first-order valence-electron chi connectivity index (χ1n) is 5.99. The Morgan fingerprint density at radius 2 is 2.38 bits per heavy atom. The molecular weight excluding hydrogens is 218 g/mol. The van der Waals surface area contributed by atoms with Crippen molar-refractivity contribution in [2.24, 2.45) is 5.92 Å². The third kappa shape index (κ3) is 2.46. The van der Waals surface area contributed by atoms with Crippen LogP contribution in [0.3, 0.4) is 0 Å². The van der Waals surface area contributed by atoms with E-state index in [-0.39, 0.29) is 5.91 Å². The van der Waals surface area contributed by atoms with E-state index in [0.29, 0.717) is 18.4 Å². The van der Waals surface area contributed by atoms with E-state index in [9.17, 15) is 4.79 Å². The van der Waals surface area contributed by atoms with Crippen LogP contribution >= 0.6 is 11.3 Å². The molecule has 2 heterocycles. The highest BCUT2D eigenvalue weighted by Gasteiger charge is 2.27. The molecule has 2 atom stereocenters. The van der Waals surface area contributed by atoms with Gasteiger partial charge < -0.3 is 4.90 Å². The smallest absolute Gasteiger partial charge is 0.227 e. The zero-order valence-corrected chi connectivity index (χ0v) is 10.8. The number of carbonyl (C=O) groups excluding carboxylic acids is 1. The van der Waals surface area contributed by atoms with Crippen LogP contribution in [0.2, 0.25) is 0 Å². The molecule has 0 saturated carbocycles. The summed E-state index contributed by atoms with van der Waals surface area (Å²) in [5.41, 5.74) is 1.15. The Kier molecular flexibility index (Phi) is 3.64. The number of piperidine rings is 1. The average Bonchev–Trinajstić information content (AvgIpc) is 2.74. The highest BCUT2D eigenvalue weighted by atomic mass is 32.1. The van der Waals surface area contributed by atoms with Gasteiger partial charge in [-0.3, -0.25) is 4.79 Å². The second kappa shape index (κ2) is 5.00. The number of likely N-dealkylation sites (tertiary alicyclic amines) is 1. The topological polar surface area (TPSA) is 20.3 Å². The van der Waals surface area contributed by atoms with Crippen LogP contribution in [0.5, 0.6) is 0 Å². The van der Waals surface area contributed by atoms with Crippen molar-refractivity contribution in [1.29, 1.82) is 0 Å². The molecule has 88 valence electrons. The maximum Gasteiger partial charge on any atom is 0.227 e. The molecule has 2 rings (SSSR count). The SMILES string of the molecule is C[C@@H]1[C@@H](C)CCCN1C(=O)Cc1ccsc1. The highest BCUT2D eigenvalue weighted by Crippen LogP contribution is 2.23. The van der Waals surface area contributed by atoms with Gasteiger partial charge in [0.25, 0.3) is 0 Å². The molecular formula is C13H19NOS. The first kappa shape index (κ1) is 11.6. The van der Waals surface area contributed by atoms with Gasteiger partial charge in [0.05, 0.1) is 6.42 Å². The molecule has 1 saturated heterocycles. The summed E-state index contributed by atoms with van der Waals surface area (Å²) < 4.78 is 0. The van der Waals surface area contributed by atoms with E-state index >= 15 is 0 Å². The standard InChI is InChI=1S/C13H19NOS/c1-10-4-3-6-14(11(10)2)13(15)8-12-5-7-16-9-12/h5,7,9-11H,3-4,6,8H2,1-2H3/t10-,11+/m0/s1. The Bertz CT molecular complexity index is 347. The largest absolute Gasteiger partial charge is 0.339 e. The lowest BCUT2D eigenvalue weighted by Gasteiger charge is -2.38. The average molecular weight is 237 g/mol. The fourth-order valence-corrected chi connectivity index (χ4v) is 3.03. The van der Waals surface area contributed by atoms with Crippen molar-refractivity contribution in [3.63, 3.8) is 0 Å². The second-order valence-corrected chi connectivity index (χ2v) is 5.54. The van der Waals surface area contributed by atoms with Gasteiger partial charge in [-0.15, -0.1) is 0 Å². The number of thiophene rings is 1. The summed E-state index contributed by atoms with van der Waals surface area (Å²) in [4.78, 5) is 14.2. The van der Waals surface area contributed by atoms with Crippen molar-refractivity contribution in [1.82, 2.24) is 4.90 Å². The summed E-state index contributed by atoms with van der Waals surface area (Å²) in [6.45, 7) is 5.36. The number of amides is 1. The van der Waals surface area contributed by atoms with Crippen LogP contribution < -0.4 is 0 Å². The minimum absolute atomic E-state index is 0.289. The summed E-state index contributed by atoms with van der Waals surface area (Å²) in [6.07, 6.45) is 2.98. The molecule has 0 N–H and O–H groups in total. The molecule has 1 amide bonds. The van der Waals surface area contributed by atoms with Gasteiger partial charge in [0.2, 0.25) is 5.91 Å². The molecule has 1 fully saturated rings. The van der Waals surface area contributed by atoms with Crippen LogP contribution in [0.4, 0.5) is 0 Å². The van der Waals surface area contributed by atoms with E-state index in [0.717, 1.165) is 18.5 Å². The summed E-state index contributed by atoms with van der Waals surface area (Å²) in [6, 6.07) is 2.44. The van der Waals surface area contributed by atoms with Gasteiger partial charge >= 0.3 is 0 Å². The molecule has 1 aliphatic rings. The van der Waals surface area contributed by atoms with Crippen molar-refractivity contribution in [3.05, 3.63) is 22.4 Å². The maximum absolute atomic E-state index is 12.2. The Hall–Kier alpha value is -0.830. The lowest BCUT2D eigenvalue weighted by Crippen LogP contribution is -2.46. The summed E-state index contributed by atoms with van der Waals surface area (Å²) in [5, 5.41) is 4.10. The predicted octanol–water partition coefficient (Wildman–Crippen LogP) is 2.94. The molecule has 16 heavy (non-hydrogen) atoms. The zero-order valence-electron chi connectivity index (χ0n) is 9.98. The molecule has 0 aromatic carbocycles. The first-order valence-corrected chi connectivity index (χ1v) is 6.93. The normalized spacial score (nSPS) is 25.8. The Morgan fingerprint density at radius 3 is 3.06 bits per heavy atom. The van der Waals surface area contributed by atoms with E-state index in [4.69, 9.17) is 0 Å². The molecule has 0 aliphatic carbocycles. The molecule has 0 unspecified atom stereocenters.